The first-order valence-electron chi connectivity index (χ1n) is 5.51. The number of hydrogen-bond acceptors (Lipinski definition) is 0. The molecule has 0 aliphatic heterocycles. The van der Waals surface area contributed by atoms with Gasteiger partial charge in [0, 0.05) is 0 Å². The predicted octanol–water partition coefficient (Wildman–Crippen LogP) is 2.00. The van der Waals surface area contributed by atoms with Crippen LogP contribution < -0.4 is 10.4 Å². The Kier molecular flexibility index (Phi) is 5.97. The first-order chi connectivity index (χ1) is 7.86. The molecule has 0 saturated carbocycles. The molecular weight excluding hydrogens is 208 g/mol. The minimum atomic E-state index is -0.234. The molecule has 0 spiro atoms. The van der Waals surface area contributed by atoms with E-state index in [2.05, 4.69) is 67.2 Å². The summed E-state index contributed by atoms with van der Waals surface area (Å²) in [6.07, 6.45) is 1.75. The minimum absolute atomic E-state index is 0.234. The van der Waals surface area contributed by atoms with Crippen LogP contribution in [0.4, 0.5) is 0 Å². The fourth-order valence-electron chi connectivity index (χ4n) is 1.43. The first-order valence-corrected chi connectivity index (χ1v) is 6.93. The second kappa shape index (κ2) is 7.66. The van der Waals surface area contributed by atoms with Crippen LogP contribution in [0.3, 0.4) is 0 Å². The van der Waals surface area contributed by atoms with Gasteiger partial charge in [-0.3, -0.25) is 0 Å². The van der Waals surface area contributed by atoms with E-state index in [9.17, 15) is 0 Å². The normalized spacial score (nSPS) is 8.81. The van der Waals surface area contributed by atoms with Crippen LogP contribution in [0.15, 0.2) is 73.3 Å². The van der Waals surface area contributed by atoms with Gasteiger partial charge in [-0.25, -0.2) is 0 Å². The van der Waals surface area contributed by atoms with E-state index >= 15 is 0 Å². The maximum Gasteiger partial charge on any atom is 0.0875 e. The Morgan fingerprint density at radius 2 is 1.12 bits per heavy atom. The van der Waals surface area contributed by atoms with Crippen molar-refractivity contribution in [1.82, 2.24) is 0 Å². The van der Waals surface area contributed by atoms with Gasteiger partial charge >= 0.3 is 0 Å². The maximum absolute atomic E-state index is 3.36. The lowest BCUT2D eigenvalue weighted by Gasteiger charge is -1.99. The van der Waals surface area contributed by atoms with E-state index in [0.717, 1.165) is 0 Å². The average molecular weight is 226 g/mol. The zero-order valence-electron chi connectivity index (χ0n) is 9.77. The molecule has 2 aromatic rings. The van der Waals surface area contributed by atoms with Gasteiger partial charge in [0.1, 0.15) is 0 Å². The minimum Gasteiger partial charge on any atom is -0.103 e. The van der Waals surface area contributed by atoms with Crippen molar-refractivity contribution >= 4 is 19.9 Å². The fraction of sp³-hybridized carbons (Fsp3) is 0.0667. The summed E-state index contributed by atoms with van der Waals surface area (Å²) in [6, 6.07) is 21.5. The lowest BCUT2D eigenvalue weighted by Crippen LogP contribution is -2.26. The quantitative estimate of drug-likeness (QED) is 0.543. The van der Waals surface area contributed by atoms with Gasteiger partial charge in [-0.05, 0) is 6.92 Å². The Bertz CT molecular complexity index is 355. The molecule has 0 atom stereocenters. The predicted molar refractivity (Wildman–Crippen MR) is 76.6 cm³/mol. The van der Waals surface area contributed by atoms with Crippen LogP contribution in [0.5, 0.6) is 0 Å². The Labute approximate surface area is 100 Å². The Morgan fingerprint density at radius 1 is 0.812 bits per heavy atom. The van der Waals surface area contributed by atoms with E-state index in [0.29, 0.717) is 0 Å². The molecule has 16 heavy (non-hydrogen) atoms. The van der Waals surface area contributed by atoms with E-state index in [1.54, 1.807) is 6.08 Å². The van der Waals surface area contributed by atoms with Gasteiger partial charge in [0.05, 0.1) is 9.52 Å². The van der Waals surface area contributed by atoms with Gasteiger partial charge in [-0.1, -0.05) is 77.1 Å². The summed E-state index contributed by atoms with van der Waals surface area (Å²) >= 11 is 0. The van der Waals surface area contributed by atoms with Crippen LogP contribution in [-0.4, -0.2) is 9.52 Å². The second-order valence-corrected chi connectivity index (χ2v) is 5.54. The van der Waals surface area contributed by atoms with Crippen molar-refractivity contribution in [3.05, 3.63) is 73.3 Å². The van der Waals surface area contributed by atoms with Gasteiger partial charge in [0.2, 0.25) is 0 Å². The van der Waals surface area contributed by atoms with E-state index in [4.69, 9.17) is 0 Å². The summed E-state index contributed by atoms with van der Waals surface area (Å²) in [4.78, 5) is 0. The van der Waals surface area contributed by atoms with Crippen LogP contribution >= 0.6 is 0 Å². The molecule has 0 aromatic heterocycles. The van der Waals surface area contributed by atoms with Crippen molar-refractivity contribution in [2.75, 3.05) is 0 Å². The number of benzene rings is 2. The van der Waals surface area contributed by atoms with Gasteiger partial charge in [0.25, 0.3) is 0 Å². The lowest BCUT2D eigenvalue weighted by molar-refractivity contribution is 1.75. The molecule has 0 aliphatic carbocycles. The monoisotopic (exact) mass is 226 g/mol. The summed E-state index contributed by atoms with van der Waals surface area (Å²) < 4.78 is 0. The highest BCUT2D eigenvalue weighted by molar-refractivity contribution is 6.67. The van der Waals surface area contributed by atoms with Crippen molar-refractivity contribution in [2.45, 2.75) is 6.92 Å². The van der Waals surface area contributed by atoms with Crippen molar-refractivity contribution < 1.29 is 0 Å². The molecule has 2 rings (SSSR count). The first kappa shape index (κ1) is 12.5. The fourth-order valence-corrected chi connectivity index (χ4v) is 2.91. The summed E-state index contributed by atoms with van der Waals surface area (Å²) in [7, 11) is -0.234. The van der Waals surface area contributed by atoms with Crippen molar-refractivity contribution in [3.63, 3.8) is 0 Å². The standard InChI is InChI=1S/C12H12Si.C3H6/c1-3-7-11(8-4-1)13-12-9-5-2-6-10-12;1-3-2/h1-10H,13H2;3H,1H2,2H3. The summed E-state index contributed by atoms with van der Waals surface area (Å²) in [5.74, 6) is 0. The van der Waals surface area contributed by atoms with Gasteiger partial charge in [0.15, 0.2) is 0 Å². The smallest absolute Gasteiger partial charge is 0.0875 e. The third-order valence-electron chi connectivity index (χ3n) is 2.09. The van der Waals surface area contributed by atoms with Crippen LogP contribution in [-0.2, 0) is 0 Å². The highest BCUT2D eigenvalue weighted by Crippen LogP contribution is 1.84. The molecule has 0 heterocycles. The molecule has 0 fully saturated rings. The van der Waals surface area contributed by atoms with Crippen molar-refractivity contribution in [1.29, 1.82) is 0 Å². The highest BCUT2D eigenvalue weighted by Gasteiger charge is 1.93. The van der Waals surface area contributed by atoms with Gasteiger partial charge in [-0.2, -0.15) is 0 Å². The van der Waals surface area contributed by atoms with Crippen molar-refractivity contribution in [2.24, 2.45) is 0 Å². The SMILES string of the molecule is C=CC.c1ccc([SiH2]c2ccccc2)cc1. The van der Waals surface area contributed by atoms with Crippen LogP contribution in [0, 0.1) is 0 Å². The van der Waals surface area contributed by atoms with Gasteiger partial charge in [-0.15, -0.1) is 6.58 Å². The maximum atomic E-state index is 3.36. The van der Waals surface area contributed by atoms with Crippen LogP contribution in [0.1, 0.15) is 6.92 Å². The summed E-state index contributed by atoms with van der Waals surface area (Å²) in [5.41, 5.74) is 0. The molecule has 82 valence electrons. The highest BCUT2D eigenvalue weighted by atomic mass is 28.2. The molecule has 0 nitrogen and oxygen atoms in total. The largest absolute Gasteiger partial charge is 0.103 e. The summed E-state index contributed by atoms with van der Waals surface area (Å²) in [5, 5.41) is 3.02. The molecule has 0 radical (unpaired) electrons. The average Bonchev–Trinajstić information content (AvgIpc) is 2.33. The molecule has 0 aliphatic rings. The van der Waals surface area contributed by atoms with Crippen LogP contribution in [0.2, 0.25) is 0 Å². The third kappa shape index (κ3) is 4.76. The lowest BCUT2D eigenvalue weighted by atomic mass is 10.4. The summed E-state index contributed by atoms with van der Waals surface area (Å²) in [6.45, 7) is 5.25. The topological polar surface area (TPSA) is 0 Å². The van der Waals surface area contributed by atoms with Crippen molar-refractivity contribution in [3.8, 4) is 0 Å². The molecule has 0 bridgehead atoms. The van der Waals surface area contributed by atoms with Gasteiger partial charge < -0.3 is 0 Å². The second-order valence-electron chi connectivity index (χ2n) is 3.56. The van der Waals surface area contributed by atoms with E-state index in [1.165, 1.54) is 10.4 Å². The van der Waals surface area contributed by atoms with Crippen LogP contribution in [0.25, 0.3) is 0 Å². The molecule has 2 aromatic carbocycles. The zero-order valence-corrected chi connectivity index (χ0v) is 11.2. The Hall–Kier alpha value is -1.60. The van der Waals surface area contributed by atoms with E-state index in [1.807, 2.05) is 6.92 Å². The Balaban J connectivity index is 0.000000386. The number of hydrogen-bond donors (Lipinski definition) is 0. The molecule has 1 heteroatoms. The molecule has 0 saturated heterocycles. The number of rotatable bonds is 2. The molecule has 0 N–H and O–H groups in total. The Morgan fingerprint density at radius 3 is 1.44 bits per heavy atom. The zero-order chi connectivity index (χ0) is 11.6. The molecule has 0 unspecified atom stereocenters. The van der Waals surface area contributed by atoms with E-state index in [-0.39, 0.29) is 9.52 Å². The third-order valence-corrected chi connectivity index (χ3v) is 3.85. The molecular formula is C15H18Si. The number of allylic oxidation sites excluding steroid dienone is 1. The van der Waals surface area contributed by atoms with E-state index < -0.39 is 0 Å². The molecule has 0 amide bonds.